The largest absolute Gasteiger partial charge is 0.478 e. The Bertz CT molecular complexity index is 757. The van der Waals surface area contributed by atoms with Gasteiger partial charge < -0.3 is 5.11 Å². The van der Waals surface area contributed by atoms with Crippen molar-refractivity contribution in [1.82, 2.24) is 4.98 Å². The first-order chi connectivity index (χ1) is 9.87. The maximum Gasteiger partial charge on any atom is 0.337 e. The number of aromatic nitrogens is 1. The molecular formula is C14H12ClNO4S. The van der Waals surface area contributed by atoms with E-state index in [-0.39, 0.29) is 17.1 Å². The van der Waals surface area contributed by atoms with Gasteiger partial charge in [0.25, 0.3) is 0 Å². The second kappa shape index (κ2) is 6.24. The van der Waals surface area contributed by atoms with Crippen molar-refractivity contribution in [2.45, 2.75) is 11.5 Å². The molecule has 5 nitrogen and oxygen atoms in total. The van der Waals surface area contributed by atoms with E-state index in [4.69, 9.17) is 16.7 Å². The molecule has 0 amide bonds. The fourth-order valence-electron chi connectivity index (χ4n) is 1.77. The molecule has 1 heterocycles. The monoisotopic (exact) mass is 325 g/mol. The summed E-state index contributed by atoms with van der Waals surface area (Å²) in [6, 6.07) is 9.46. The highest BCUT2D eigenvalue weighted by molar-refractivity contribution is 7.89. The molecule has 2 aromatic rings. The SMILES string of the molecule is O=C(O)c1ccc(CS(=O)(=O)Cc2ccccc2Cl)nc1. The molecule has 0 saturated carbocycles. The zero-order valence-corrected chi connectivity index (χ0v) is 12.4. The lowest BCUT2D eigenvalue weighted by molar-refractivity contribution is 0.0696. The van der Waals surface area contributed by atoms with Crippen LogP contribution in [-0.2, 0) is 21.3 Å². The predicted octanol–water partition coefficient (Wildman–Crippen LogP) is 2.55. The molecule has 0 unspecified atom stereocenters. The summed E-state index contributed by atoms with van der Waals surface area (Å²) in [6.07, 6.45) is 1.14. The van der Waals surface area contributed by atoms with Gasteiger partial charge in [-0.1, -0.05) is 29.8 Å². The van der Waals surface area contributed by atoms with Gasteiger partial charge in [-0.15, -0.1) is 0 Å². The van der Waals surface area contributed by atoms with Gasteiger partial charge in [0.15, 0.2) is 9.84 Å². The van der Waals surface area contributed by atoms with Crippen LogP contribution in [0.25, 0.3) is 0 Å². The van der Waals surface area contributed by atoms with E-state index in [1.165, 1.54) is 12.1 Å². The van der Waals surface area contributed by atoms with Crippen LogP contribution in [0.15, 0.2) is 42.6 Å². The standard InChI is InChI=1S/C14H12ClNO4S/c15-13-4-2-1-3-11(13)8-21(19,20)9-12-6-5-10(7-16-12)14(17)18/h1-7H,8-9H2,(H,17,18). The van der Waals surface area contributed by atoms with E-state index in [0.717, 1.165) is 6.20 Å². The van der Waals surface area contributed by atoms with Crippen molar-refractivity contribution in [3.05, 3.63) is 64.4 Å². The number of carboxylic acids is 1. The second-order valence-corrected chi connectivity index (χ2v) is 6.94. The molecule has 0 aliphatic heterocycles. The molecule has 2 rings (SSSR count). The number of rotatable bonds is 5. The first-order valence-corrected chi connectivity index (χ1v) is 8.19. The molecule has 1 N–H and O–H groups in total. The molecule has 0 spiro atoms. The molecular weight excluding hydrogens is 314 g/mol. The smallest absolute Gasteiger partial charge is 0.337 e. The van der Waals surface area contributed by atoms with Crippen LogP contribution >= 0.6 is 11.6 Å². The highest BCUT2D eigenvalue weighted by atomic mass is 35.5. The predicted molar refractivity (Wildman–Crippen MR) is 79.0 cm³/mol. The van der Waals surface area contributed by atoms with Gasteiger partial charge in [0.2, 0.25) is 0 Å². The first-order valence-electron chi connectivity index (χ1n) is 5.99. The Hall–Kier alpha value is -1.92. The number of hydrogen-bond donors (Lipinski definition) is 1. The minimum atomic E-state index is -3.44. The van der Waals surface area contributed by atoms with Crippen LogP contribution in [0.5, 0.6) is 0 Å². The van der Waals surface area contributed by atoms with Gasteiger partial charge in [-0.25, -0.2) is 13.2 Å². The number of halogens is 1. The number of benzene rings is 1. The molecule has 0 fully saturated rings. The van der Waals surface area contributed by atoms with Crippen molar-refractivity contribution in [3.63, 3.8) is 0 Å². The van der Waals surface area contributed by atoms with Crippen molar-refractivity contribution in [2.75, 3.05) is 0 Å². The average Bonchev–Trinajstić information content (AvgIpc) is 2.41. The Labute approximate surface area is 127 Å². The third kappa shape index (κ3) is 4.27. The lowest BCUT2D eigenvalue weighted by atomic mass is 10.2. The second-order valence-electron chi connectivity index (χ2n) is 4.47. The lowest BCUT2D eigenvalue weighted by Crippen LogP contribution is -2.09. The van der Waals surface area contributed by atoms with Crippen LogP contribution in [0, 0.1) is 0 Å². The van der Waals surface area contributed by atoms with Crippen LogP contribution in [0.2, 0.25) is 5.02 Å². The summed E-state index contributed by atoms with van der Waals surface area (Å²) in [5.41, 5.74) is 0.843. The first kappa shape index (κ1) is 15.5. The van der Waals surface area contributed by atoms with Gasteiger partial charge in [-0.3, -0.25) is 4.98 Å². The third-order valence-electron chi connectivity index (χ3n) is 2.77. The van der Waals surface area contributed by atoms with Crippen molar-refractivity contribution < 1.29 is 18.3 Å². The number of pyridine rings is 1. The van der Waals surface area contributed by atoms with Crippen LogP contribution in [0.4, 0.5) is 0 Å². The number of carboxylic acid groups (broad SMARTS) is 1. The zero-order chi connectivity index (χ0) is 15.5. The van der Waals surface area contributed by atoms with Crippen LogP contribution in [0.3, 0.4) is 0 Å². The zero-order valence-electron chi connectivity index (χ0n) is 10.9. The number of hydrogen-bond acceptors (Lipinski definition) is 4. The molecule has 0 saturated heterocycles. The number of sulfone groups is 1. The Morgan fingerprint density at radius 2 is 1.86 bits per heavy atom. The summed E-state index contributed by atoms with van der Waals surface area (Å²) in [5.74, 6) is -1.55. The van der Waals surface area contributed by atoms with Gasteiger partial charge in [-0.2, -0.15) is 0 Å². The van der Waals surface area contributed by atoms with Gasteiger partial charge >= 0.3 is 5.97 Å². The molecule has 110 valence electrons. The van der Waals surface area contributed by atoms with Gasteiger partial charge in [0, 0.05) is 11.2 Å². The molecule has 0 aliphatic rings. The molecule has 1 aromatic heterocycles. The molecule has 0 bridgehead atoms. The summed E-state index contributed by atoms with van der Waals surface area (Å²) in [5, 5.41) is 9.16. The van der Waals surface area contributed by atoms with E-state index in [1.54, 1.807) is 24.3 Å². The van der Waals surface area contributed by atoms with Crippen molar-refractivity contribution in [3.8, 4) is 0 Å². The molecule has 0 aliphatic carbocycles. The van der Waals surface area contributed by atoms with Crippen molar-refractivity contribution in [1.29, 1.82) is 0 Å². The Morgan fingerprint density at radius 3 is 2.43 bits per heavy atom. The van der Waals surface area contributed by atoms with Crippen LogP contribution in [0.1, 0.15) is 21.6 Å². The average molecular weight is 326 g/mol. The van der Waals surface area contributed by atoms with Crippen molar-refractivity contribution >= 4 is 27.4 Å². The molecule has 21 heavy (non-hydrogen) atoms. The summed E-state index contributed by atoms with van der Waals surface area (Å²) in [7, 11) is -3.44. The number of carbonyl (C=O) groups is 1. The number of aromatic carboxylic acids is 1. The van der Waals surface area contributed by atoms with Crippen LogP contribution < -0.4 is 0 Å². The van der Waals surface area contributed by atoms with E-state index in [2.05, 4.69) is 4.98 Å². The van der Waals surface area contributed by atoms with E-state index in [0.29, 0.717) is 16.3 Å². The fraction of sp³-hybridized carbons (Fsp3) is 0.143. The fourth-order valence-corrected chi connectivity index (χ4v) is 3.50. The Morgan fingerprint density at radius 1 is 1.14 bits per heavy atom. The van der Waals surface area contributed by atoms with E-state index in [9.17, 15) is 13.2 Å². The van der Waals surface area contributed by atoms with Gasteiger partial charge in [-0.05, 0) is 23.8 Å². The van der Waals surface area contributed by atoms with Gasteiger partial charge in [0.05, 0.1) is 22.8 Å². The lowest BCUT2D eigenvalue weighted by Gasteiger charge is -2.06. The molecule has 0 radical (unpaired) electrons. The molecule has 7 heteroatoms. The van der Waals surface area contributed by atoms with E-state index in [1.807, 2.05) is 0 Å². The van der Waals surface area contributed by atoms with E-state index >= 15 is 0 Å². The Balaban J connectivity index is 2.14. The third-order valence-corrected chi connectivity index (χ3v) is 4.63. The highest BCUT2D eigenvalue weighted by Gasteiger charge is 2.16. The summed E-state index contributed by atoms with van der Waals surface area (Å²) in [4.78, 5) is 14.6. The Kier molecular flexibility index (Phi) is 4.59. The van der Waals surface area contributed by atoms with Crippen molar-refractivity contribution in [2.24, 2.45) is 0 Å². The quantitative estimate of drug-likeness (QED) is 0.913. The highest BCUT2D eigenvalue weighted by Crippen LogP contribution is 2.19. The van der Waals surface area contributed by atoms with Crippen LogP contribution in [-0.4, -0.2) is 24.5 Å². The maximum absolute atomic E-state index is 12.1. The minimum Gasteiger partial charge on any atom is -0.478 e. The molecule has 1 aromatic carbocycles. The number of nitrogens with zero attached hydrogens (tertiary/aromatic N) is 1. The molecule has 0 atom stereocenters. The maximum atomic E-state index is 12.1. The van der Waals surface area contributed by atoms with Gasteiger partial charge in [0.1, 0.15) is 0 Å². The summed E-state index contributed by atoms with van der Waals surface area (Å²) in [6.45, 7) is 0. The van der Waals surface area contributed by atoms with E-state index < -0.39 is 15.8 Å². The summed E-state index contributed by atoms with van der Waals surface area (Å²) >= 11 is 5.94. The topological polar surface area (TPSA) is 84.3 Å². The summed E-state index contributed by atoms with van der Waals surface area (Å²) < 4.78 is 24.3. The minimum absolute atomic E-state index is 0.0160. The normalized spacial score (nSPS) is 11.3.